The van der Waals surface area contributed by atoms with Crippen LogP contribution in [0.3, 0.4) is 0 Å². The van der Waals surface area contributed by atoms with Crippen LogP contribution in [0.25, 0.3) is 11.3 Å². The third kappa shape index (κ3) is 4.09. The first-order valence-corrected chi connectivity index (χ1v) is 12.4. The quantitative estimate of drug-likeness (QED) is 0.751. The van der Waals surface area contributed by atoms with Crippen LogP contribution >= 0.6 is 11.3 Å². The molecule has 1 unspecified atom stereocenters. The number of piperidine rings is 2. The molecule has 152 valence electrons. The molecule has 4 heterocycles. The zero-order chi connectivity index (χ0) is 19.7. The molecule has 2 aliphatic heterocycles. The zero-order valence-corrected chi connectivity index (χ0v) is 18.2. The van der Waals surface area contributed by atoms with Crippen molar-refractivity contribution in [1.29, 1.82) is 0 Å². The molecule has 28 heavy (non-hydrogen) atoms. The minimum Gasteiger partial charge on any atom is -0.355 e. The van der Waals surface area contributed by atoms with E-state index in [0.717, 1.165) is 43.0 Å². The molecule has 8 heteroatoms. The van der Waals surface area contributed by atoms with Crippen molar-refractivity contribution in [2.24, 2.45) is 11.8 Å². The number of thiophene rings is 1. The molecule has 2 fully saturated rings. The number of nitrogens with zero attached hydrogens (tertiary/aromatic N) is 4. The lowest BCUT2D eigenvalue weighted by atomic mass is 10.0. The van der Waals surface area contributed by atoms with E-state index in [-0.39, 0.29) is 0 Å². The second kappa shape index (κ2) is 8.08. The van der Waals surface area contributed by atoms with Crippen LogP contribution in [0.2, 0.25) is 0 Å². The largest absolute Gasteiger partial charge is 0.355 e. The average Bonchev–Trinajstić information content (AvgIpc) is 3.20. The summed E-state index contributed by atoms with van der Waals surface area (Å²) in [4.78, 5) is 2.28. The standard InChI is InChI=1S/C20H28N4O2S2/c1-15-7-10-24(11-8-15)28(25,26)20-12-17(14-27-20)18-5-6-19(22-21-18)23-9-3-4-16(2)13-23/h5-6,12,14-16H,3-4,7-11,13H2,1-2H3. The van der Waals surface area contributed by atoms with Crippen molar-refractivity contribution in [2.45, 2.75) is 43.7 Å². The summed E-state index contributed by atoms with van der Waals surface area (Å²) in [6, 6.07) is 5.69. The average molecular weight is 421 g/mol. The molecule has 2 aromatic rings. The topological polar surface area (TPSA) is 66.4 Å². The van der Waals surface area contributed by atoms with Crippen LogP contribution in [0, 0.1) is 11.8 Å². The fourth-order valence-electron chi connectivity index (χ4n) is 3.98. The molecule has 0 N–H and O–H groups in total. The van der Waals surface area contributed by atoms with Gasteiger partial charge < -0.3 is 4.90 Å². The van der Waals surface area contributed by atoms with Crippen molar-refractivity contribution in [3.8, 4) is 11.3 Å². The maximum Gasteiger partial charge on any atom is 0.252 e. The van der Waals surface area contributed by atoms with Gasteiger partial charge in [-0.1, -0.05) is 13.8 Å². The van der Waals surface area contributed by atoms with Crippen molar-refractivity contribution in [1.82, 2.24) is 14.5 Å². The molecular formula is C20H28N4O2S2. The van der Waals surface area contributed by atoms with Gasteiger partial charge in [-0.05, 0) is 55.7 Å². The first kappa shape index (κ1) is 19.8. The lowest BCUT2D eigenvalue weighted by Crippen LogP contribution is -2.37. The van der Waals surface area contributed by atoms with E-state index in [1.807, 2.05) is 17.5 Å². The van der Waals surface area contributed by atoms with E-state index in [0.29, 0.717) is 29.1 Å². The van der Waals surface area contributed by atoms with Gasteiger partial charge in [0.25, 0.3) is 10.0 Å². The summed E-state index contributed by atoms with van der Waals surface area (Å²) in [7, 11) is -3.41. The fourth-order valence-corrected chi connectivity index (χ4v) is 6.78. The first-order valence-electron chi connectivity index (χ1n) is 10.1. The third-order valence-corrected chi connectivity index (χ3v) is 9.15. The minimum absolute atomic E-state index is 0.396. The molecule has 6 nitrogen and oxygen atoms in total. The van der Waals surface area contributed by atoms with Crippen molar-refractivity contribution >= 4 is 27.2 Å². The predicted octanol–water partition coefficient (Wildman–Crippen LogP) is 3.86. The smallest absolute Gasteiger partial charge is 0.252 e. The summed E-state index contributed by atoms with van der Waals surface area (Å²) < 4.78 is 27.9. The summed E-state index contributed by atoms with van der Waals surface area (Å²) in [5, 5.41) is 10.6. The van der Waals surface area contributed by atoms with Crippen molar-refractivity contribution in [3.63, 3.8) is 0 Å². The van der Waals surface area contributed by atoms with E-state index in [1.54, 1.807) is 10.4 Å². The molecule has 4 rings (SSSR count). The van der Waals surface area contributed by atoms with Crippen LogP contribution in [0.5, 0.6) is 0 Å². The molecule has 1 atom stereocenters. The van der Waals surface area contributed by atoms with Crippen molar-refractivity contribution in [2.75, 3.05) is 31.1 Å². The van der Waals surface area contributed by atoms with Crippen LogP contribution in [0.4, 0.5) is 5.82 Å². The van der Waals surface area contributed by atoms with Crippen molar-refractivity contribution in [3.05, 3.63) is 23.6 Å². The van der Waals surface area contributed by atoms with Crippen LogP contribution in [-0.2, 0) is 10.0 Å². The Morgan fingerprint density at radius 1 is 1.04 bits per heavy atom. The molecular weight excluding hydrogens is 392 g/mol. The molecule has 2 aromatic heterocycles. The Labute approximate surface area is 171 Å². The highest BCUT2D eigenvalue weighted by Crippen LogP contribution is 2.31. The summed E-state index contributed by atoms with van der Waals surface area (Å²) >= 11 is 1.27. The lowest BCUT2D eigenvalue weighted by molar-refractivity contribution is 0.288. The summed E-state index contributed by atoms with van der Waals surface area (Å²) in [5.41, 5.74) is 1.54. The van der Waals surface area contributed by atoms with E-state index in [1.165, 1.54) is 24.2 Å². The van der Waals surface area contributed by atoms with Crippen molar-refractivity contribution < 1.29 is 8.42 Å². The summed E-state index contributed by atoms with van der Waals surface area (Å²) in [6.07, 6.45) is 4.31. The number of anilines is 1. The lowest BCUT2D eigenvalue weighted by Gasteiger charge is -2.31. The van der Waals surface area contributed by atoms with Crippen LogP contribution in [-0.4, -0.2) is 49.1 Å². The van der Waals surface area contributed by atoms with E-state index in [9.17, 15) is 8.42 Å². The SMILES string of the molecule is CC1CCN(S(=O)(=O)c2cc(-c3ccc(N4CCCC(C)C4)nn3)cs2)CC1. The Kier molecular flexibility index (Phi) is 5.71. The van der Waals surface area contributed by atoms with E-state index in [4.69, 9.17) is 0 Å². The van der Waals surface area contributed by atoms with Gasteiger partial charge >= 0.3 is 0 Å². The van der Waals surface area contributed by atoms with Gasteiger partial charge in [0.2, 0.25) is 0 Å². The van der Waals surface area contributed by atoms with Gasteiger partial charge in [0.1, 0.15) is 4.21 Å². The molecule has 0 aromatic carbocycles. The van der Waals surface area contributed by atoms with Crippen LogP contribution in [0.1, 0.15) is 39.5 Å². The van der Waals surface area contributed by atoms with E-state index < -0.39 is 10.0 Å². The zero-order valence-electron chi connectivity index (χ0n) is 16.5. The Morgan fingerprint density at radius 2 is 1.82 bits per heavy atom. The van der Waals surface area contributed by atoms with Gasteiger partial charge in [-0.2, -0.15) is 4.31 Å². The second-order valence-corrected chi connectivity index (χ2v) is 11.3. The molecule has 0 bridgehead atoms. The number of rotatable bonds is 4. The van der Waals surface area contributed by atoms with Gasteiger partial charge in [0.05, 0.1) is 5.69 Å². The first-order chi connectivity index (χ1) is 13.4. The molecule has 0 aliphatic carbocycles. The van der Waals surface area contributed by atoms with Gasteiger partial charge in [-0.15, -0.1) is 21.5 Å². The fraction of sp³-hybridized carbons (Fsp3) is 0.600. The Hall–Kier alpha value is -1.51. The molecule has 0 saturated carbocycles. The Morgan fingerprint density at radius 3 is 2.50 bits per heavy atom. The molecule has 0 spiro atoms. The highest BCUT2D eigenvalue weighted by Gasteiger charge is 2.29. The summed E-state index contributed by atoms with van der Waals surface area (Å²) in [5.74, 6) is 2.18. The molecule has 2 aliphatic rings. The van der Waals surface area contributed by atoms with Crippen LogP contribution in [0.15, 0.2) is 27.8 Å². The molecule has 2 saturated heterocycles. The maximum atomic E-state index is 12.9. The molecule has 0 amide bonds. The van der Waals surface area contributed by atoms with Gasteiger partial charge in [-0.3, -0.25) is 0 Å². The van der Waals surface area contributed by atoms with E-state index in [2.05, 4.69) is 28.9 Å². The maximum absolute atomic E-state index is 12.9. The minimum atomic E-state index is -3.41. The number of aromatic nitrogens is 2. The third-order valence-electron chi connectivity index (χ3n) is 5.84. The van der Waals surface area contributed by atoms with E-state index >= 15 is 0 Å². The number of sulfonamides is 1. The van der Waals surface area contributed by atoms with Crippen LogP contribution < -0.4 is 4.90 Å². The Bertz CT molecular complexity index is 903. The Balaban J connectivity index is 1.49. The highest BCUT2D eigenvalue weighted by atomic mass is 32.2. The number of hydrogen-bond donors (Lipinski definition) is 0. The van der Waals surface area contributed by atoms with Gasteiger partial charge in [0.15, 0.2) is 5.82 Å². The highest BCUT2D eigenvalue weighted by molar-refractivity contribution is 7.91. The summed E-state index contributed by atoms with van der Waals surface area (Å²) in [6.45, 7) is 7.71. The monoisotopic (exact) mass is 420 g/mol. The van der Waals surface area contributed by atoms with Gasteiger partial charge in [0, 0.05) is 37.1 Å². The van der Waals surface area contributed by atoms with Gasteiger partial charge in [-0.25, -0.2) is 8.42 Å². The number of hydrogen-bond acceptors (Lipinski definition) is 6. The predicted molar refractivity (Wildman–Crippen MR) is 113 cm³/mol. The second-order valence-electron chi connectivity index (χ2n) is 8.21. The molecule has 0 radical (unpaired) electrons. The normalized spacial score (nSPS) is 22.5.